The second-order valence-corrected chi connectivity index (χ2v) is 5.07. The zero-order chi connectivity index (χ0) is 14.7. The van der Waals surface area contributed by atoms with Gasteiger partial charge in [-0.1, -0.05) is 17.7 Å². The SMILES string of the molecule is Cc1ccc(OCC(=O)Nc2ccc3c(c2)CCO3)cc1. The van der Waals surface area contributed by atoms with Crippen molar-refractivity contribution in [2.75, 3.05) is 18.5 Å². The normalized spacial score (nSPS) is 12.4. The minimum atomic E-state index is -0.172. The first-order valence-electron chi connectivity index (χ1n) is 6.96. The molecule has 4 heteroatoms. The number of aryl methyl sites for hydroxylation is 1. The van der Waals surface area contributed by atoms with Gasteiger partial charge in [0.25, 0.3) is 5.91 Å². The van der Waals surface area contributed by atoms with E-state index in [0.717, 1.165) is 29.0 Å². The lowest BCUT2D eigenvalue weighted by molar-refractivity contribution is -0.118. The number of nitrogens with one attached hydrogen (secondary N) is 1. The van der Waals surface area contributed by atoms with E-state index in [2.05, 4.69) is 5.32 Å². The third kappa shape index (κ3) is 3.34. The third-order valence-electron chi connectivity index (χ3n) is 3.36. The lowest BCUT2D eigenvalue weighted by Crippen LogP contribution is -2.20. The monoisotopic (exact) mass is 283 g/mol. The third-order valence-corrected chi connectivity index (χ3v) is 3.36. The van der Waals surface area contributed by atoms with Crippen LogP contribution in [-0.4, -0.2) is 19.1 Å². The number of ether oxygens (including phenoxy) is 2. The summed E-state index contributed by atoms with van der Waals surface area (Å²) in [5.41, 5.74) is 3.07. The highest BCUT2D eigenvalue weighted by molar-refractivity contribution is 5.92. The Balaban J connectivity index is 1.55. The van der Waals surface area contributed by atoms with Crippen LogP contribution in [0.5, 0.6) is 11.5 Å². The van der Waals surface area contributed by atoms with Crippen molar-refractivity contribution in [2.24, 2.45) is 0 Å². The second kappa shape index (κ2) is 5.87. The molecule has 1 heterocycles. The molecule has 0 atom stereocenters. The van der Waals surface area contributed by atoms with E-state index in [4.69, 9.17) is 9.47 Å². The molecule has 1 aliphatic rings. The predicted molar refractivity (Wildman–Crippen MR) is 80.9 cm³/mol. The fourth-order valence-corrected chi connectivity index (χ4v) is 2.24. The van der Waals surface area contributed by atoms with Crippen LogP contribution < -0.4 is 14.8 Å². The largest absolute Gasteiger partial charge is 0.493 e. The maximum atomic E-state index is 11.9. The van der Waals surface area contributed by atoms with Crippen LogP contribution in [0, 0.1) is 6.92 Å². The topological polar surface area (TPSA) is 47.6 Å². The first-order chi connectivity index (χ1) is 10.2. The summed E-state index contributed by atoms with van der Waals surface area (Å²) in [6.07, 6.45) is 0.888. The highest BCUT2D eigenvalue weighted by Crippen LogP contribution is 2.27. The Morgan fingerprint density at radius 2 is 2.05 bits per heavy atom. The van der Waals surface area contributed by atoms with Gasteiger partial charge in [0.2, 0.25) is 0 Å². The molecule has 1 N–H and O–H groups in total. The molecule has 1 aliphatic heterocycles. The summed E-state index contributed by atoms with van der Waals surface area (Å²) in [6, 6.07) is 13.3. The van der Waals surface area contributed by atoms with Gasteiger partial charge in [-0.2, -0.15) is 0 Å². The van der Waals surface area contributed by atoms with Crippen LogP contribution in [0.2, 0.25) is 0 Å². The number of rotatable bonds is 4. The molecule has 0 aliphatic carbocycles. The number of hydrogen-bond donors (Lipinski definition) is 1. The Hall–Kier alpha value is -2.49. The molecular weight excluding hydrogens is 266 g/mol. The smallest absolute Gasteiger partial charge is 0.262 e. The van der Waals surface area contributed by atoms with Gasteiger partial charge in [-0.05, 0) is 42.8 Å². The molecule has 1 amide bonds. The Morgan fingerprint density at radius 3 is 2.86 bits per heavy atom. The quantitative estimate of drug-likeness (QED) is 0.938. The molecule has 0 saturated carbocycles. The van der Waals surface area contributed by atoms with Gasteiger partial charge in [0.15, 0.2) is 6.61 Å². The van der Waals surface area contributed by atoms with Crippen molar-refractivity contribution < 1.29 is 14.3 Å². The standard InChI is InChI=1S/C17H17NO3/c1-12-2-5-15(6-3-12)21-11-17(19)18-14-4-7-16-13(10-14)8-9-20-16/h2-7,10H,8-9,11H2,1H3,(H,18,19). The molecule has 0 unspecified atom stereocenters. The van der Waals surface area contributed by atoms with Gasteiger partial charge in [-0.15, -0.1) is 0 Å². The lowest BCUT2D eigenvalue weighted by Gasteiger charge is -2.08. The molecule has 0 saturated heterocycles. The van der Waals surface area contributed by atoms with Crippen LogP contribution in [0.25, 0.3) is 0 Å². The number of fused-ring (bicyclic) bond motifs is 1. The Kier molecular flexibility index (Phi) is 3.77. The first-order valence-corrected chi connectivity index (χ1v) is 6.96. The van der Waals surface area contributed by atoms with Crippen molar-refractivity contribution in [3.63, 3.8) is 0 Å². The summed E-state index contributed by atoms with van der Waals surface area (Å²) < 4.78 is 10.9. The van der Waals surface area contributed by atoms with E-state index < -0.39 is 0 Å². The number of hydrogen-bond acceptors (Lipinski definition) is 3. The van der Waals surface area contributed by atoms with Crippen LogP contribution in [0.3, 0.4) is 0 Å². The molecule has 0 spiro atoms. The molecule has 2 aromatic rings. The van der Waals surface area contributed by atoms with Crippen LogP contribution in [0.15, 0.2) is 42.5 Å². The predicted octanol–water partition coefficient (Wildman–Crippen LogP) is 2.95. The molecule has 0 bridgehead atoms. The molecule has 108 valence electrons. The van der Waals surface area contributed by atoms with Gasteiger partial charge < -0.3 is 14.8 Å². The maximum absolute atomic E-state index is 11.9. The van der Waals surface area contributed by atoms with Crippen molar-refractivity contribution in [1.29, 1.82) is 0 Å². The summed E-state index contributed by atoms with van der Waals surface area (Å²) in [5, 5.41) is 2.83. The average Bonchev–Trinajstić information content (AvgIpc) is 2.94. The van der Waals surface area contributed by atoms with Crippen LogP contribution in [-0.2, 0) is 11.2 Å². The zero-order valence-corrected chi connectivity index (χ0v) is 11.9. The van der Waals surface area contributed by atoms with Gasteiger partial charge in [-0.3, -0.25) is 4.79 Å². The minimum Gasteiger partial charge on any atom is -0.493 e. The van der Waals surface area contributed by atoms with E-state index in [1.54, 1.807) is 0 Å². The van der Waals surface area contributed by atoms with E-state index in [0.29, 0.717) is 12.4 Å². The highest BCUT2D eigenvalue weighted by Gasteiger charge is 2.13. The fourth-order valence-electron chi connectivity index (χ4n) is 2.24. The average molecular weight is 283 g/mol. The lowest BCUT2D eigenvalue weighted by atomic mass is 10.1. The summed E-state index contributed by atoms with van der Waals surface area (Å²) in [7, 11) is 0. The second-order valence-electron chi connectivity index (χ2n) is 5.07. The highest BCUT2D eigenvalue weighted by atomic mass is 16.5. The van der Waals surface area contributed by atoms with Crippen LogP contribution >= 0.6 is 0 Å². The minimum absolute atomic E-state index is 0.00333. The molecule has 4 nitrogen and oxygen atoms in total. The van der Waals surface area contributed by atoms with Crippen molar-refractivity contribution >= 4 is 11.6 Å². The van der Waals surface area contributed by atoms with Crippen molar-refractivity contribution in [3.8, 4) is 11.5 Å². The van der Waals surface area contributed by atoms with Gasteiger partial charge in [-0.25, -0.2) is 0 Å². The number of carbonyl (C=O) groups excluding carboxylic acids is 1. The first kappa shape index (κ1) is 13.5. The van der Waals surface area contributed by atoms with Crippen LogP contribution in [0.1, 0.15) is 11.1 Å². The number of amides is 1. The van der Waals surface area contributed by atoms with Gasteiger partial charge in [0.1, 0.15) is 11.5 Å². The summed E-state index contributed by atoms with van der Waals surface area (Å²) >= 11 is 0. The van der Waals surface area contributed by atoms with E-state index in [-0.39, 0.29) is 12.5 Å². The summed E-state index contributed by atoms with van der Waals surface area (Å²) in [5.74, 6) is 1.43. The van der Waals surface area contributed by atoms with Crippen molar-refractivity contribution in [3.05, 3.63) is 53.6 Å². The Morgan fingerprint density at radius 1 is 1.24 bits per heavy atom. The molecule has 3 rings (SSSR count). The number of benzene rings is 2. The van der Waals surface area contributed by atoms with Crippen molar-refractivity contribution in [2.45, 2.75) is 13.3 Å². The number of carbonyl (C=O) groups is 1. The molecular formula is C17H17NO3. The summed E-state index contributed by atoms with van der Waals surface area (Å²) in [4.78, 5) is 11.9. The maximum Gasteiger partial charge on any atom is 0.262 e. The van der Waals surface area contributed by atoms with Gasteiger partial charge >= 0.3 is 0 Å². The Labute approximate surface area is 123 Å². The molecule has 0 aromatic heterocycles. The molecule has 21 heavy (non-hydrogen) atoms. The Bertz CT molecular complexity index is 650. The summed E-state index contributed by atoms with van der Waals surface area (Å²) in [6.45, 7) is 2.72. The fraction of sp³-hybridized carbons (Fsp3) is 0.235. The van der Waals surface area contributed by atoms with Gasteiger partial charge in [0.05, 0.1) is 6.61 Å². The van der Waals surface area contributed by atoms with E-state index in [1.807, 2.05) is 49.4 Å². The molecule has 0 radical (unpaired) electrons. The van der Waals surface area contributed by atoms with Gasteiger partial charge in [0, 0.05) is 12.1 Å². The van der Waals surface area contributed by atoms with Crippen LogP contribution in [0.4, 0.5) is 5.69 Å². The molecule has 0 fully saturated rings. The van der Waals surface area contributed by atoms with E-state index >= 15 is 0 Å². The van der Waals surface area contributed by atoms with E-state index in [1.165, 1.54) is 0 Å². The van der Waals surface area contributed by atoms with Crippen molar-refractivity contribution in [1.82, 2.24) is 0 Å². The van der Waals surface area contributed by atoms with E-state index in [9.17, 15) is 4.79 Å². The number of anilines is 1. The molecule has 2 aromatic carbocycles. The zero-order valence-electron chi connectivity index (χ0n) is 11.9.